The van der Waals surface area contributed by atoms with E-state index < -0.39 is 0 Å². The number of nitrogens with one attached hydrogen (secondary N) is 1. The number of hydrogen-bond acceptors (Lipinski definition) is 4. The molecule has 0 spiro atoms. The average Bonchev–Trinajstić information content (AvgIpc) is 2.89. The van der Waals surface area contributed by atoms with Crippen molar-refractivity contribution in [3.63, 3.8) is 0 Å². The van der Waals surface area contributed by atoms with E-state index in [9.17, 15) is 4.79 Å². The molecule has 2 N–H and O–H groups in total. The smallest absolute Gasteiger partial charge is 0.246 e. The summed E-state index contributed by atoms with van der Waals surface area (Å²) in [5.41, 5.74) is 2.28. The van der Waals surface area contributed by atoms with Gasteiger partial charge in [0, 0.05) is 23.5 Å². The highest BCUT2D eigenvalue weighted by molar-refractivity contribution is 6.31. The lowest BCUT2D eigenvalue weighted by atomic mass is 10.2. The van der Waals surface area contributed by atoms with Gasteiger partial charge in [-0.2, -0.15) is 0 Å². The molecule has 0 aliphatic rings. The standard InChI is InChI=1S/C14H17ClN4O2/c1-10-12(15)5-2-6-13(10)16-14(21)9-19-8-11(17-18-19)4-3-7-20/h2,5-6,8,20H,3-4,7,9H2,1H3,(H,16,21). The number of aliphatic hydroxyl groups excluding tert-OH is 1. The average molecular weight is 309 g/mol. The number of carbonyl (C=O) groups excluding carboxylic acids is 1. The molecule has 6 nitrogen and oxygen atoms in total. The van der Waals surface area contributed by atoms with Crippen LogP contribution >= 0.6 is 11.6 Å². The maximum Gasteiger partial charge on any atom is 0.246 e. The Morgan fingerprint density at radius 1 is 1.48 bits per heavy atom. The van der Waals surface area contributed by atoms with E-state index in [0.29, 0.717) is 23.6 Å². The first kappa shape index (κ1) is 15.5. The normalized spacial score (nSPS) is 10.6. The van der Waals surface area contributed by atoms with Crippen molar-refractivity contribution in [1.29, 1.82) is 0 Å². The Hall–Kier alpha value is -1.92. The maximum absolute atomic E-state index is 12.0. The molecule has 1 amide bonds. The Kier molecular flexibility index (Phi) is 5.30. The highest BCUT2D eigenvalue weighted by atomic mass is 35.5. The van der Waals surface area contributed by atoms with Gasteiger partial charge in [-0.05, 0) is 37.5 Å². The number of rotatable bonds is 6. The number of nitrogens with zero attached hydrogens (tertiary/aromatic N) is 3. The third-order valence-corrected chi connectivity index (χ3v) is 3.43. The molecule has 1 aromatic carbocycles. The van der Waals surface area contributed by atoms with Crippen molar-refractivity contribution in [2.45, 2.75) is 26.3 Å². The topological polar surface area (TPSA) is 80.0 Å². The minimum absolute atomic E-state index is 0.0814. The fraction of sp³-hybridized carbons (Fsp3) is 0.357. The second-order valence-corrected chi connectivity index (χ2v) is 5.10. The summed E-state index contributed by atoms with van der Waals surface area (Å²) in [5, 5.41) is 20.0. The van der Waals surface area contributed by atoms with Gasteiger partial charge < -0.3 is 10.4 Å². The number of aryl methyl sites for hydroxylation is 1. The lowest BCUT2D eigenvalue weighted by Crippen LogP contribution is -2.19. The summed E-state index contributed by atoms with van der Waals surface area (Å²) in [6, 6.07) is 5.36. The van der Waals surface area contributed by atoms with E-state index in [1.165, 1.54) is 4.68 Å². The number of benzene rings is 1. The highest BCUT2D eigenvalue weighted by Gasteiger charge is 2.09. The van der Waals surface area contributed by atoms with Crippen LogP contribution in [0.25, 0.3) is 0 Å². The highest BCUT2D eigenvalue weighted by Crippen LogP contribution is 2.22. The van der Waals surface area contributed by atoms with Gasteiger partial charge in [-0.1, -0.05) is 22.9 Å². The van der Waals surface area contributed by atoms with E-state index in [-0.39, 0.29) is 19.1 Å². The van der Waals surface area contributed by atoms with Crippen molar-refractivity contribution in [3.8, 4) is 0 Å². The van der Waals surface area contributed by atoms with Crippen LogP contribution in [0.2, 0.25) is 5.02 Å². The summed E-state index contributed by atoms with van der Waals surface area (Å²) in [4.78, 5) is 12.0. The van der Waals surface area contributed by atoms with Crippen molar-refractivity contribution in [2.75, 3.05) is 11.9 Å². The van der Waals surface area contributed by atoms with Crippen molar-refractivity contribution in [3.05, 3.63) is 40.7 Å². The molecule has 2 aromatic rings. The zero-order valence-corrected chi connectivity index (χ0v) is 12.5. The van der Waals surface area contributed by atoms with Crippen LogP contribution in [0.4, 0.5) is 5.69 Å². The molecule has 112 valence electrons. The molecular weight excluding hydrogens is 292 g/mol. The number of hydrogen-bond donors (Lipinski definition) is 2. The summed E-state index contributed by atoms with van der Waals surface area (Å²) < 4.78 is 1.47. The van der Waals surface area contributed by atoms with Gasteiger partial charge in [0.2, 0.25) is 5.91 Å². The number of anilines is 1. The molecule has 0 radical (unpaired) electrons. The van der Waals surface area contributed by atoms with Gasteiger partial charge in [0.1, 0.15) is 6.54 Å². The third kappa shape index (κ3) is 4.27. The number of halogens is 1. The predicted molar refractivity (Wildman–Crippen MR) is 80.2 cm³/mol. The second kappa shape index (κ2) is 7.19. The predicted octanol–water partition coefficient (Wildman–Crippen LogP) is 1.80. The Labute approximate surface area is 127 Å². The summed E-state index contributed by atoms with van der Waals surface area (Å²) in [6.45, 7) is 2.04. The minimum atomic E-state index is -0.195. The largest absolute Gasteiger partial charge is 0.396 e. The Morgan fingerprint density at radius 2 is 2.29 bits per heavy atom. The first-order valence-corrected chi connectivity index (χ1v) is 7.03. The van der Waals surface area contributed by atoms with Crippen LogP contribution in [0, 0.1) is 6.92 Å². The van der Waals surface area contributed by atoms with Gasteiger partial charge in [-0.3, -0.25) is 4.79 Å². The van der Waals surface area contributed by atoms with Crippen LogP contribution in [-0.4, -0.2) is 32.6 Å². The summed E-state index contributed by atoms with van der Waals surface area (Å²) in [7, 11) is 0. The third-order valence-electron chi connectivity index (χ3n) is 3.02. The Balaban J connectivity index is 1.95. The van der Waals surface area contributed by atoms with Gasteiger partial charge in [0.15, 0.2) is 0 Å². The molecule has 0 saturated carbocycles. The van der Waals surface area contributed by atoms with E-state index >= 15 is 0 Å². The fourth-order valence-electron chi connectivity index (χ4n) is 1.87. The molecule has 21 heavy (non-hydrogen) atoms. The molecule has 0 saturated heterocycles. The molecule has 0 fully saturated rings. The molecule has 0 atom stereocenters. The molecule has 0 aliphatic carbocycles. The van der Waals surface area contributed by atoms with E-state index in [1.54, 1.807) is 24.4 Å². The Bertz CT molecular complexity index is 627. The zero-order chi connectivity index (χ0) is 15.2. The summed E-state index contributed by atoms with van der Waals surface area (Å²) >= 11 is 6.01. The quantitative estimate of drug-likeness (QED) is 0.853. The number of aromatic nitrogens is 3. The summed E-state index contributed by atoms with van der Waals surface area (Å²) in [5.74, 6) is -0.195. The van der Waals surface area contributed by atoms with Crippen LogP contribution in [0.1, 0.15) is 17.7 Å². The Morgan fingerprint density at radius 3 is 3.05 bits per heavy atom. The fourth-order valence-corrected chi connectivity index (χ4v) is 2.04. The summed E-state index contributed by atoms with van der Waals surface area (Å²) in [6.07, 6.45) is 2.98. The number of aliphatic hydroxyl groups is 1. The van der Waals surface area contributed by atoms with Gasteiger partial charge in [0.25, 0.3) is 0 Å². The molecule has 0 aliphatic heterocycles. The van der Waals surface area contributed by atoms with Crippen molar-refractivity contribution in [1.82, 2.24) is 15.0 Å². The van der Waals surface area contributed by atoms with E-state index in [1.807, 2.05) is 6.92 Å². The lowest BCUT2D eigenvalue weighted by Gasteiger charge is -2.09. The van der Waals surface area contributed by atoms with Crippen LogP contribution in [0.3, 0.4) is 0 Å². The first-order chi connectivity index (χ1) is 10.1. The SMILES string of the molecule is Cc1c(Cl)cccc1NC(=O)Cn1cc(CCCO)nn1. The number of carbonyl (C=O) groups is 1. The van der Waals surface area contributed by atoms with Crippen LogP contribution in [-0.2, 0) is 17.8 Å². The van der Waals surface area contributed by atoms with Gasteiger partial charge in [-0.15, -0.1) is 5.10 Å². The van der Waals surface area contributed by atoms with Crippen LogP contribution in [0.5, 0.6) is 0 Å². The van der Waals surface area contributed by atoms with Crippen LogP contribution < -0.4 is 5.32 Å². The van der Waals surface area contributed by atoms with E-state index in [2.05, 4.69) is 15.6 Å². The minimum Gasteiger partial charge on any atom is -0.396 e. The zero-order valence-electron chi connectivity index (χ0n) is 11.7. The van der Waals surface area contributed by atoms with E-state index in [0.717, 1.165) is 11.3 Å². The van der Waals surface area contributed by atoms with Crippen molar-refractivity contribution >= 4 is 23.2 Å². The molecule has 2 rings (SSSR count). The molecule has 1 aromatic heterocycles. The van der Waals surface area contributed by atoms with Gasteiger partial charge in [-0.25, -0.2) is 4.68 Å². The first-order valence-electron chi connectivity index (χ1n) is 6.65. The number of amides is 1. The van der Waals surface area contributed by atoms with Gasteiger partial charge in [0.05, 0.1) is 5.69 Å². The van der Waals surface area contributed by atoms with Crippen molar-refractivity contribution in [2.24, 2.45) is 0 Å². The maximum atomic E-state index is 12.0. The van der Waals surface area contributed by atoms with Crippen molar-refractivity contribution < 1.29 is 9.90 Å². The van der Waals surface area contributed by atoms with Crippen LogP contribution in [0.15, 0.2) is 24.4 Å². The van der Waals surface area contributed by atoms with E-state index in [4.69, 9.17) is 16.7 Å². The molecule has 0 unspecified atom stereocenters. The second-order valence-electron chi connectivity index (χ2n) is 4.70. The lowest BCUT2D eigenvalue weighted by molar-refractivity contribution is -0.116. The molecule has 7 heteroatoms. The molecule has 1 heterocycles. The molecular formula is C14H17ClN4O2. The van der Waals surface area contributed by atoms with Gasteiger partial charge >= 0.3 is 0 Å². The molecule has 0 bridgehead atoms. The monoisotopic (exact) mass is 308 g/mol.